The molecule has 4 aliphatic heterocycles. The number of pyridine rings is 2. The Balaban J connectivity index is 1.10. The highest BCUT2D eigenvalue weighted by Gasteiger charge is 2.56. The largest absolute Gasteiger partial charge is 0.378 e. The van der Waals surface area contributed by atoms with Gasteiger partial charge in [0.05, 0.1) is 54.1 Å². The van der Waals surface area contributed by atoms with E-state index in [-0.39, 0.29) is 18.0 Å². The molecule has 256 valence electrons. The van der Waals surface area contributed by atoms with E-state index in [1.165, 1.54) is 38.5 Å². The number of ether oxygens (including phenoxy) is 1. The molecule has 0 atom stereocenters. The third-order valence-corrected chi connectivity index (χ3v) is 12.0. The van der Waals surface area contributed by atoms with Crippen LogP contribution in [0.3, 0.4) is 0 Å². The minimum absolute atomic E-state index is 0.135. The number of hydrogen-bond acceptors (Lipinski definition) is 8. The second kappa shape index (κ2) is 12.1. The van der Waals surface area contributed by atoms with Gasteiger partial charge in [0.15, 0.2) is 11.6 Å². The van der Waals surface area contributed by atoms with Crippen LogP contribution in [-0.4, -0.2) is 92.7 Å². The molecule has 10 nitrogen and oxygen atoms in total. The number of fused-ring (bicyclic) bond motifs is 3. The topological polar surface area (TPSA) is 91.7 Å². The summed E-state index contributed by atoms with van der Waals surface area (Å²) in [5, 5.41) is 3.25. The number of nitrogens with zero attached hydrogens (tertiary/aromatic N) is 7. The summed E-state index contributed by atoms with van der Waals surface area (Å²) >= 11 is 0. The van der Waals surface area contributed by atoms with Crippen molar-refractivity contribution in [3.63, 3.8) is 0 Å². The van der Waals surface area contributed by atoms with E-state index in [0.29, 0.717) is 23.6 Å². The highest BCUT2D eigenvalue weighted by atomic mass is 19.1. The van der Waals surface area contributed by atoms with Crippen molar-refractivity contribution >= 4 is 34.1 Å². The van der Waals surface area contributed by atoms with Crippen LogP contribution >= 0.6 is 0 Å². The number of rotatable bonds is 7. The molecule has 1 spiro atoms. The maximum Gasteiger partial charge on any atom is 0.238 e. The molecule has 4 fully saturated rings. The molecule has 0 bridgehead atoms. The fourth-order valence-corrected chi connectivity index (χ4v) is 8.94. The highest BCUT2D eigenvalue weighted by molar-refractivity contribution is 6.09. The van der Waals surface area contributed by atoms with E-state index in [9.17, 15) is 9.18 Å². The average Bonchev–Trinajstić information content (AvgIpc) is 3.60. The summed E-state index contributed by atoms with van der Waals surface area (Å²) < 4.78 is 22.4. The Kier molecular flexibility index (Phi) is 7.70. The Morgan fingerprint density at radius 2 is 1.73 bits per heavy atom. The number of hydrogen-bond donors (Lipinski definition) is 1. The van der Waals surface area contributed by atoms with Crippen LogP contribution in [0.4, 0.5) is 21.6 Å². The van der Waals surface area contributed by atoms with Gasteiger partial charge in [-0.15, -0.1) is 0 Å². The van der Waals surface area contributed by atoms with Crippen molar-refractivity contribution in [3.8, 4) is 11.3 Å². The van der Waals surface area contributed by atoms with Crippen LogP contribution < -0.4 is 10.2 Å². The van der Waals surface area contributed by atoms with Crippen molar-refractivity contribution in [2.24, 2.45) is 0 Å². The van der Waals surface area contributed by atoms with Crippen LogP contribution in [0.2, 0.25) is 0 Å². The number of halogens is 1. The molecule has 1 N–H and O–H groups in total. The van der Waals surface area contributed by atoms with Gasteiger partial charge in [-0.3, -0.25) is 14.7 Å². The van der Waals surface area contributed by atoms with E-state index in [4.69, 9.17) is 14.7 Å². The summed E-state index contributed by atoms with van der Waals surface area (Å²) in [6, 6.07) is 11.5. The standard InChI is InChI=1S/C38H45FN8O2/c1-24(2)46-23-41-33-19-32(43-36(35(33)46)42-31-8-11-40-20-30(31)39)25-6-7-29-34(16-25)47(27-17-26(18-27)44-12-4-3-5-13-44)37(48)38(29)9-14-45(15-10-38)28-21-49-22-28/h6-8,11,16,19-20,23-24,26-28H,3-5,9-10,12-15,17-18,21-22H2,1-2H3,(H,40,42,43). The molecule has 3 saturated heterocycles. The fraction of sp³-hybridized carbons (Fsp3) is 0.526. The number of benzene rings is 1. The predicted molar refractivity (Wildman–Crippen MR) is 188 cm³/mol. The van der Waals surface area contributed by atoms with Crippen molar-refractivity contribution < 1.29 is 13.9 Å². The van der Waals surface area contributed by atoms with Gasteiger partial charge in [0.1, 0.15) is 5.52 Å². The first-order valence-electron chi connectivity index (χ1n) is 18.2. The lowest BCUT2D eigenvalue weighted by Crippen LogP contribution is -2.59. The smallest absolute Gasteiger partial charge is 0.238 e. The Labute approximate surface area is 286 Å². The van der Waals surface area contributed by atoms with Crippen molar-refractivity contribution in [3.05, 3.63) is 60.4 Å². The third-order valence-electron chi connectivity index (χ3n) is 12.0. The highest BCUT2D eigenvalue weighted by Crippen LogP contribution is 2.52. The monoisotopic (exact) mass is 664 g/mol. The van der Waals surface area contributed by atoms with Gasteiger partial charge >= 0.3 is 0 Å². The van der Waals surface area contributed by atoms with Crippen LogP contribution in [-0.2, 0) is 14.9 Å². The second-order valence-corrected chi connectivity index (χ2v) is 15.0. The van der Waals surface area contributed by atoms with Gasteiger partial charge in [0.2, 0.25) is 5.91 Å². The van der Waals surface area contributed by atoms with Gasteiger partial charge < -0.3 is 24.4 Å². The zero-order valence-electron chi connectivity index (χ0n) is 28.4. The number of anilines is 3. The van der Waals surface area contributed by atoms with Crippen LogP contribution in [0, 0.1) is 5.82 Å². The van der Waals surface area contributed by atoms with E-state index in [2.05, 4.69) is 61.6 Å². The van der Waals surface area contributed by atoms with Crippen molar-refractivity contribution in [2.75, 3.05) is 49.6 Å². The molecule has 5 aliphatic rings. The van der Waals surface area contributed by atoms with Gasteiger partial charge in [-0.2, -0.15) is 0 Å². The van der Waals surface area contributed by atoms with E-state index >= 15 is 0 Å². The number of amides is 1. The molecule has 1 aliphatic carbocycles. The first-order chi connectivity index (χ1) is 23.9. The molecule has 0 unspecified atom stereocenters. The van der Waals surface area contributed by atoms with Gasteiger partial charge in [-0.05, 0) is 102 Å². The molecular formula is C38H45FN8O2. The number of aromatic nitrogens is 4. The molecule has 1 aromatic carbocycles. The van der Waals surface area contributed by atoms with Gasteiger partial charge in [-0.1, -0.05) is 18.6 Å². The SMILES string of the molecule is CC(C)n1cnc2cc(-c3ccc4c(c3)N(C3CC(N5CCCCC5)C3)C(=O)C43CCN(C4COC4)CC3)nc(Nc3ccncc3F)c21. The Hall–Kier alpha value is -3.93. The van der Waals surface area contributed by atoms with E-state index < -0.39 is 11.2 Å². The van der Waals surface area contributed by atoms with E-state index in [1.807, 2.05) is 12.4 Å². The van der Waals surface area contributed by atoms with Crippen LogP contribution in [0.15, 0.2) is 49.1 Å². The van der Waals surface area contributed by atoms with Gasteiger partial charge in [0, 0.05) is 35.6 Å². The molecular weight excluding hydrogens is 619 g/mol. The minimum Gasteiger partial charge on any atom is -0.378 e. The number of piperidine rings is 2. The molecule has 49 heavy (non-hydrogen) atoms. The molecule has 0 radical (unpaired) electrons. The summed E-state index contributed by atoms with van der Waals surface area (Å²) in [4.78, 5) is 35.9. The number of likely N-dealkylation sites (tertiary alicyclic amines) is 2. The average molecular weight is 665 g/mol. The zero-order valence-corrected chi connectivity index (χ0v) is 28.4. The molecule has 4 aromatic rings. The van der Waals surface area contributed by atoms with Crippen molar-refractivity contribution in [1.82, 2.24) is 29.3 Å². The molecule has 3 aromatic heterocycles. The number of carbonyl (C=O) groups excluding carboxylic acids is 1. The number of carbonyl (C=O) groups is 1. The summed E-state index contributed by atoms with van der Waals surface area (Å²) in [7, 11) is 0. The van der Waals surface area contributed by atoms with Crippen molar-refractivity contribution in [2.45, 2.75) is 88.4 Å². The summed E-state index contributed by atoms with van der Waals surface area (Å²) in [5.41, 5.74) is 5.24. The second-order valence-electron chi connectivity index (χ2n) is 15.0. The maximum atomic E-state index is 14.8. The number of nitrogens with one attached hydrogen (secondary N) is 1. The number of imidazole rings is 1. The third kappa shape index (κ3) is 5.15. The van der Waals surface area contributed by atoms with Crippen LogP contribution in [0.5, 0.6) is 0 Å². The lowest BCUT2D eigenvalue weighted by Gasteiger charge is -2.48. The quantitative estimate of drug-likeness (QED) is 0.255. The van der Waals surface area contributed by atoms with Crippen LogP contribution in [0.1, 0.15) is 70.4 Å². The molecule has 9 rings (SSSR count). The fourth-order valence-electron chi connectivity index (χ4n) is 8.94. The summed E-state index contributed by atoms with van der Waals surface area (Å²) in [6.45, 7) is 9.95. The maximum absolute atomic E-state index is 14.8. The molecule has 1 saturated carbocycles. The van der Waals surface area contributed by atoms with Gasteiger partial charge in [0.25, 0.3) is 0 Å². The summed E-state index contributed by atoms with van der Waals surface area (Å²) in [5.74, 6) is 0.361. The van der Waals surface area contributed by atoms with E-state index in [0.717, 1.165) is 85.5 Å². The molecule has 11 heteroatoms. The Bertz CT molecular complexity index is 1890. The van der Waals surface area contributed by atoms with Crippen molar-refractivity contribution in [1.29, 1.82) is 0 Å². The lowest BCUT2D eigenvalue weighted by molar-refractivity contribution is -0.128. The zero-order chi connectivity index (χ0) is 33.3. The first-order valence-corrected chi connectivity index (χ1v) is 18.2. The summed E-state index contributed by atoms with van der Waals surface area (Å²) in [6.07, 6.45) is 12.2. The molecule has 1 amide bonds. The molecule has 7 heterocycles. The van der Waals surface area contributed by atoms with Crippen LogP contribution in [0.25, 0.3) is 22.3 Å². The lowest BCUT2D eigenvalue weighted by atomic mass is 9.73. The Morgan fingerprint density at radius 1 is 0.959 bits per heavy atom. The Morgan fingerprint density at radius 3 is 2.45 bits per heavy atom. The van der Waals surface area contributed by atoms with Gasteiger partial charge in [-0.25, -0.2) is 14.4 Å². The van der Waals surface area contributed by atoms with E-state index in [1.54, 1.807) is 12.3 Å². The normalized spacial score (nSPS) is 24.4. The first kappa shape index (κ1) is 31.1. The predicted octanol–water partition coefficient (Wildman–Crippen LogP) is 6.05. The minimum atomic E-state index is -0.496.